The Balaban J connectivity index is 1.73. The van der Waals surface area contributed by atoms with E-state index in [9.17, 15) is 22.8 Å². The fourth-order valence-electron chi connectivity index (χ4n) is 2.60. The molecule has 0 bridgehead atoms. The van der Waals surface area contributed by atoms with Crippen molar-refractivity contribution in [2.24, 2.45) is 5.92 Å². The summed E-state index contributed by atoms with van der Waals surface area (Å²) in [4.78, 5) is 29.8. The van der Waals surface area contributed by atoms with Gasteiger partial charge in [0.25, 0.3) is 0 Å². The van der Waals surface area contributed by atoms with E-state index in [1.165, 1.54) is 28.4 Å². The molecule has 1 aromatic carbocycles. The van der Waals surface area contributed by atoms with E-state index in [-0.39, 0.29) is 30.5 Å². The van der Waals surface area contributed by atoms with Gasteiger partial charge in [-0.25, -0.2) is 4.98 Å². The van der Waals surface area contributed by atoms with Crippen molar-refractivity contribution < 1.29 is 22.8 Å². The third kappa shape index (κ3) is 3.81. The summed E-state index contributed by atoms with van der Waals surface area (Å²) in [5, 5.41) is 4.86. The molecule has 2 aromatic rings. The minimum Gasteiger partial charge on any atom is -0.312 e. The summed E-state index contributed by atoms with van der Waals surface area (Å²) in [6, 6.07) is 4.54. The Morgan fingerprint density at radius 2 is 2.16 bits per heavy atom. The first kappa shape index (κ1) is 17.4. The van der Waals surface area contributed by atoms with Crippen molar-refractivity contribution in [3.05, 3.63) is 40.9 Å². The third-order valence-corrected chi connectivity index (χ3v) is 4.71. The molecule has 9 heteroatoms. The molecule has 1 aliphatic rings. The first-order chi connectivity index (χ1) is 11.7. The van der Waals surface area contributed by atoms with Gasteiger partial charge in [0.1, 0.15) is 0 Å². The molecule has 1 aromatic heterocycles. The summed E-state index contributed by atoms with van der Waals surface area (Å²) >= 11 is 1.27. The standard InChI is InChI=1S/C16H14F3N3O2S/c1-9-8-25-15(20-9)21-14(24)10-5-13(23)22(7-10)12-4-2-3-11(6-12)16(17,18)19/h2-4,6,8,10H,5,7H2,1H3,(H,20,21,24)/t10-/m0/s1. The SMILES string of the molecule is Cc1csc(NC(=O)[C@H]2CC(=O)N(c3cccc(C(F)(F)F)c3)C2)n1. The van der Waals surface area contributed by atoms with Crippen LogP contribution in [-0.2, 0) is 15.8 Å². The van der Waals surface area contributed by atoms with E-state index in [2.05, 4.69) is 10.3 Å². The Kier molecular flexibility index (Phi) is 4.51. The number of nitrogens with one attached hydrogen (secondary N) is 1. The second kappa shape index (κ2) is 6.47. The number of anilines is 2. The molecule has 1 saturated heterocycles. The molecule has 0 aliphatic carbocycles. The molecule has 1 aliphatic heterocycles. The second-order valence-corrected chi connectivity index (χ2v) is 6.59. The number of halogens is 3. The Hall–Kier alpha value is -2.42. The van der Waals surface area contributed by atoms with Gasteiger partial charge in [0.15, 0.2) is 5.13 Å². The number of thiazole rings is 1. The fraction of sp³-hybridized carbons (Fsp3) is 0.312. The van der Waals surface area contributed by atoms with Crippen LogP contribution in [0.25, 0.3) is 0 Å². The van der Waals surface area contributed by atoms with Crippen LogP contribution in [0.3, 0.4) is 0 Å². The lowest BCUT2D eigenvalue weighted by Gasteiger charge is -2.18. The van der Waals surface area contributed by atoms with Crippen LogP contribution >= 0.6 is 11.3 Å². The molecule has 132 valence electrons. The molecule has 0 saturated carbocycles. The summed E-state index contributed by atoms with van der Waals surface area (Å²) in [6.45, 7) is 1.83. The Morgan fingerprint density at radius 3 is 2.80 bits per heavy atom. The molecular formula is C16H14F3N3O2S. The highest BCUT2D eigenvalue weighted by Crippen LogP contribution is 2.33. The third-order valence-electron chi connectivity index (χ3n) is 3.83. The van der Waals surface area contributed by atoms with Crippen LogP contribution in [0.1, 0.15) is 17.7 Å². The lowest BCUT2D eigenvalue weighted by atomic mass is 10.1. The summed E-state index contributed by atoms with van der Waals surface area (Å²) < 4.78 is 38.5. The van der Waals surface area contributed by atoms with Gasteiger partial charge in [-0.15, -0.1) is 11.3 Å². The average Bonchev–Trinajstić information content (AvgIpc) is 3.12. The average molecular weight is 369 g/mol. The number of hydrogen-bond acceptors (Lipinski definition) is 4. The number of hydrogen-bond donors (Lipinski definition) is 1. The van der Waals surface area contributed by atoms with Gasteiger partial charge in [0.05, 0.1) is 17.2 Å². The molecule has 1 fully saturated rings. The largest absolute Gasteiger partial charge is 0.416 e. The maximum atomic E-state index is 12.8. The summed E-state index contributed by atoms with van der Waals surface area (Å²) in [5.74, 6) is -1.38. The van der Waals surface area contributed by atoms with Crippen molar-refractivity contribution in [1.82, 2.24) is 4.98 Å². The van der Waals surface area contributed by atoms with Crippen LogP contribution in [0.5, 0.6) is 0 Å². The number of carbonyl (C=O) groups excluding carboxylic acids is 2. The maximum absolute atomic E-state index is 12.8. The molecule has 1 atom stereocenters. The lowest BCUT2D eigenvalue weighted by molar-refractivity contribution is -0.137. The predicted molar refractivity (Wildman–Crippen MR) is 87.4 cm³/mol. The van der Waals surface area contributed by atoms with Crippen molar-refractivity contribution in [3.63, 3.8) is 0 Å². The van der Waals surface area contributed by atoms with Crippen molar-refractivity contribution in [2.45, 2.75) is 19.5 Å². The summed E-state index contributed by atoms with van der Waals surface area (Å²) in [7, 11) is 0. The van der Waals surface area contributed by atoms with Crippen LogP contribution in [0.2, 0.25) is 0 Å². The monoisotopic (exact) mass is 369 g/mol. The van der Waals surface area contributed by atoms with E-state index in [0.717, 1.165) is 17.8 Å². The highest BCUT2D eigenvalue weighted by Gasteiger charge is 2.37. The van der Waals surface area contributed by atoms with Gasteiger partial charge >= 0.3 is 6.18 Å². The number of nitrogens with zero attached hydrogens (tertiary/aromatic N) is 2. The zero-order valence-electron chi connectivity index (χ0n) is 13.1. The number of alkyl halides is 3. The molecule has 5 nitrogen and oxygen atoms in total. The summed E-state index contributed by atoms with van der Waals surface area (Å²) in [5.41, 5.74) is 0.0811. The molecule has 0 unspecified atom stereocenters. The lowest BCUT2D eigenvalue weighted by Crippen LogP contribution is -2.28. The Bertz CT molecular complexity index is 819. The molecule has 0 spiro atoms. The van der Waals surface area contributed by atoms with E-state index in [1.54, 1.807) is 12.3 Å². The smallest absolute Gasteiger partial charge is 0.312 e. The number of carbonyl (C=O) groups is 2. The Morgan fingerprint density at radius 1 is 1.40 bits per heavy atom. The van der Waals surface area contributed by atoms with Gasteiger partial charge in [-0.1, -0.05) is 6.07 Å². The van der Waals surface area contributed by atoms with Gasteiger partial charge in [-0.05, 0) is 25.1 Å². The molecule has 2 amide bonds. The van der Waals surface area contributed by atoms with Crippen molar-refractivity contribution in [2.75, 3.05) is 16.8 Å². The molecule has 0 radical (unpaired) electrons. The van der Waals surface area contributed by atoms with Crippen molar-refractivity contribution in [3.8, 4) is 0 Å². The first-order valence-corrected chi connectivity index (χ1v) is 8.32. The van der Waals surface area contributed by atoms with E-state index >= 15 is 0 Å². The Labute approximate surface area is 145 Å². The van der Waals surface area contributed by atoms with Crippen molar-refractivity contribution in [1.29, 1.82) is 0 Å². The quantitative estimate of drug-likeness (QED) is 0.901. The minimum absolute atomic E-state index is 0.0380. The molecule has 2 heterocycles. The fourth-order valence-corrected chi connectivity index (χ4v) is 3.29. The zero-order valence-corrected chi connectivity index (χ0v) is 13.9. The normalized spacial score (nSPS) is 17.8. The molecule has 25 heavy (non-hydrogen) atoms. The highest BCUT2D eigenvalue weighted by molar-refractivity contribution is 7.13. The van der Waals surface area contributed by atoms with Gasteiger partial charge in [0, 0.05) is 24.0 Å². The van der Waals surface area contributed by atoms with Crippen LogP contribution in [0.15, 0.2) is 29.6 Å². The molecule has 3 rings (SSSR count). The molecular weight excluding hydrogens is 355 g/mol. The number of benzene rings is 1. The van der Waals surface area contributed by atoms with Gasteiger partial charge in [-0.3, -0.25) is 9.59 Å². The van der Waals surface area contributed by atoms with E-state index in [1.807, 2.05) is 0 Å². The topological polar surface area (TPSA) is 62.3 Å². The minimum atomic E-state index is -4.49. The zero-order chi connectivity index (χ0) is 18.2. The van der Waals surface area contributed by atoms with Crippen LogP contribution in [0, 0.1) is 12.8 Å². The van der Waals surface area contributed by atoms with Crippen LogP contribution in [0.4, 0.5) is 24.0 Å². The van der Waals surface area contributed by atoms with Gasteiger partial charge in [-0.2, -0.15) is 13.2 Å². The number of aryl methyl sites for hydroxylation is 1. The maximum Gasteiger partial charge on any atom is 0.416 e. The van der Waals surface area contributed by atoms with Gasteiger partial charge < -0.3 is 10.2 Å². The van der Waals surface area contributed by atoms with Crippen LogP contribution in [-0.4, -0.2) is 23.3 Å². The number of aromatic nitrogens is 1. The van der Waals surface area contributed by atoms with Crippen LogP contribution < -0.4 is 10.2 Å². The predicted octanol–water partition coefficient (Wildman–Crippen LogP) is 3.46. The van der Waals surface area contributed by atoms with E-state index in [4.69, 9.17) is 0 Å². The second-order valence-electron chi connectivity index (χ2n) is 5.74. The van der Waals surface area contributed by atoms with E-state index in [0.29, 0.717) is 5.13 Å². The molecule has 1 N–H and O–H groups in total. The van der Waals surface area contributed by atoms with Crippen molar-refractivity contribution >= 4 is 34.0 Å². The van der Waals surface area contributed by atoms with E-state index < -0.39 is 17.7 Å². The number of amides is 2. The number of rotatable bonds is 3. The van der Waals surface area contributed by atoms with Gasteiger partial charge in [0.2, 0.25) is 11.8 Å². The summed E-state index contributed by atoms with van der Waals surface area (Å²) in [6.07, 6.45) is -4.54. The first-order valence-electron chi connectivity index (χ1n) is 7.44. The highest BCUT2D eigenvalue weighted by atomic mass is 32.1.